The van der Waals surface area contributed by atoms with Crippen molar-refractivity contribution in [3.05, 3.63) is 169 Å². The summed E-state index contributed by atoms with van der Waals surface area (Å²) in [7, 11) is -5.64. The molecule has 1 unspecified atom stereocenters. The minimum atomic E-state index is -2.82. The molecule has 5 heteroatoms. The van der Waals surface area contributed by atoms with E-state index in [-0.39, 0.29) is 28.4 Å². The van der Waals surface area contributed by atoms with Gasteiger partial charge in [-0.25, -0.2) is 0 Å². The van der Waals surface area contributed by atoms with E-state index in [2.05, 4.69) is 205 Å². The Morgan fingerprint density at radius 3 is 1.04 bits per heavy atom. The zero-order valence-electron chi connectivity index (χ0n) is 31.2. The molecular weight excluding hydrogens is 657 g/mol. The summed E-state index contributed by atoms with van der Waals surface area (Å²) in [4.78, 5) is 0. The fraction of sp³-hybridized carbons (Fsp3) is 0.304. The highest BCUT2D eigenvalue weighted by Crippen LogP contribution is 2.41. The third-order valence-corrected chi connectivity index (χ3v) is 20.5. The molecule has 1 aliphatic carbocycles. The molecule has 6 rings (SSSR count). The van der Waals surface area contributed by atoms with Gasteiger partial charge in [0.25, 0.3) is 16.6 Å². The molecule has 5 aromatic rings. The summed E-state index contributed by atoms with van der Waals surface area (Å²) in [6.45, 7) is 14.6. The summed E-state index contributed by atoms with van der Waals surface area (Å²) < 4.78 is 22.3. The fourth-order valence-corrected chi connectivity index (χ4v) is 17.2. The van der Waals surface area contributed by atoms with Crippen LogP contribution in [0.4, 0.5) is 0 Å². The van der Waals surface area contributed by atoms with E-state index in [4.69, 9.17) is 13.6 Å². The summed E-state index contributed by atoms with van der Waals surface area (Å²) in [5.74, 6) is 0. The van der Waals surface area contributed by atoms with Crippen molar-refractivity contribution in [2.45, 2.75) is 89.4 Å². The van der Waals surface area contributed by atoms with Gasteiger partial charge in [-0.05, 0) is 36.4 Å². The van der Waals surface area contributed by atoms with Crippen molar-refractivity contribution in [2.75, 3.05) is 0 Å². The van der Waals surface area contributed by atoms with Gasteiger partial charge in [-0.15, -0.1) is 0 Å². The quantitative estimate of drug-likeness (QED) is 0.101. The van der Waals surface area contributed by atoms with Gasteiger partial charge in [-0.1, -0.05) is 205 Å². The van der Waals surface area contributed by atoms with Crippen LogP contribution in [0.1, 0.15) is 59.9 Å². The topological polar surface area (TPSA) is 27.7 Å². The van der Waals surface area contributed by atoms with Crippen molar-refractivity contribution in [1.82, 2.24) is 0 Å². The average Bonchev–Trinajstić information content (AvgIpc) is 3.34. The maximum Gasteiger partial charge on any atom is 0.261 e. The summed E-state index contributed by atoms with van der Waals surface area (Å²) in [5, 5.41) is 4.85. The molecule has 0 saturated carbocycles. The SMILES string of the molecule is CC(C)(C)[Si](O[C@@H]1C=C[C@H](O[Si](c2ccccc2)(c2ccccc2)C(C)(C)C)CC(OCc2ccccc2)C1)(c1ccccc1)c1ccccc1. The van der Waals surface area contributed by atoms with Crippen molar-refractivity contribution >= 4 is 37.4 Å². The van der Waals surface area contributed by atoms with Crippen LogP contribution in [0.2, 0.25) is 10.1 Å². The average molecular weight is 711 g/mol. The van der Waals surface area contributed by atoms with E-state index < -0.39 is 16.6 Å². The molecule has 0 fully saturated rings. The Balaban J connectivity index is 1.44. The van der Waals surface area contributed by atoms with E-state index in [0.29, 0.717) is 6.61 Å². The summed E-state index contributed by atoms with van der Waals surface area (Å²) in [6, 6.07) is 54.2. The second kappa shape index (κ2) is 15.8. The van der Waals surface area contributed by atoms with Crippen LogP contribution in [0.3, 0.4) is 0 Å². The van der Waals surface area contributed by atoms with E-state index in [1.54, 1.807) is 0 Å². The Labute approximate surface area is 308 Å². The Morgan fingerprint density at radius 2 is 0.745 bits per heavy atom. The van der Waals surface area contributed by atoms with Crippen LogP contribution >= 0.6 is 0 Å². The maximum atomic E-state index is 7.72. The highest BCUT2D eigenvalue weighted by Gasteiger charge is 2.53. The highest BCUT2D eigenvalue weighted by atomic mass is 28.4. The number of ether oxygens (including phenoxy) is 1. The molecule has 0 spiro atoms. The number of rotatable bonds is 11. The minimum Gasteiger partial charge on any atom is -0.401 e. The first-order chi connectivity index (χ1) is 24.5. The molecule has 264 valence electrons. The van der Waals surface area contributed by atoms with E-state index >= 15 is 0 Å². The molecule has 0 amide bonds. The molecular formula is C46H54O3Si2. The highest BCUT2D eigenvalue weighted by molar-refractivity contribution is 7.00. The van der Waals surface area contributed by atoms with Gasteiger partial charge in [0.15, 0.2) is 0 Å². The van der Waals surface area contributed by atoms with Crippen molar-refractivity contribution in [2.24, 2.45) is 0 Å². The van der Waals surface area contributed by atoms with Gasteiger partial charge in [0.1, 0.15) is 0 Å². The molecule has 51 heavy (non-hydrogen) atoms. The summed E-state index contributed by atoms with van der Waals surface area (Å²) in [5.41, 5.74) is 1.17. The van der Waals surface area contributed by atoms with Gasteiger partial charge in [0.2, 0.25) is 0 Å². The van der Waals surface area contributed by atoms with Crippen LogP contribution < -0.4 is 20.7 Å². The minimum absolute atomic E-state index is 0.0772. The van der Waals surface area contributed by atoms with Crippen molar-refractivity contribution in [3.8, 4) is 0 Å². The summed E-state index contributed by atoms with van der Waals surface area (Å²) >= 11 is 0. The fourth-order valence-electron chi connectivity index (χ4n) is 7.96. The van der Waals surface area contributed by atoms with Crippen LogP contribution in [-0.4, -0.2) is 34.9 Å². The third-order valence-electron chi connectivity index (χ3n) is 10.3. The maximum absolute atomic E-state index is 7.72. The third kappa shape index (κ3) is 7.98. The zero-order valence-corrected chi connectivity index (χ0v) is 33.2. The van der Waals surface area contributed by atoms with E-state index in [0.717, 1.165) is 12.8 Å². The largest absolute Gasteiger partial charge is 0.401 e. The van der Waals surface area contributed by atoms with Gasteiger partial charge in [-0.3, -0.25) is 0 Å². The number of hydrogen-bond donors (Lipinski definition) is 0. The zero-order chi connectivity index (χ0) is 36.0. The van der Waals surface area contributed by atoms with Gasteiger partial charge in [0.05, 0.1) is 24.9 Å². The first-order valence-corrected chi connectivity index (χ1v) is 22.3. The lowest BCUT2D eigenvalue weighted by Crippen LogP contribution is -2.67. The predicted octanol–water partition coefficient (Wildman–Crippen LogP) is 8.81. The van der Waals surface area contributed by atoms with Gasteiger partial charge < -0.3 is 13.6 Å². The molecule has 0 saturated heterocycles. The molecule has 0 N–H and O–H groups in total. The Kier molecular flexibility index (Phi) is 11.4. The normalized spacial score (nSPS) is 18.7. The predicted molar refractivity (Wildman–Crippen MR) is 218 cm³/mol. The van der Waals surface area contributed by atoms with E-state index in [9.17, 15) is 0 Å². The number of hydrogen-bond acceptors (Lipinski definition) is 3. The number of benzene rings is 5. The lowest BCUT2D eigenvalue weighted by atomic mass is 10.1. The standard InChI is InChI=1S/C46H54O3Si2/c1-45(2,3)50(41-24-14-8-15-25-41,42-26-16-9-17-27-42)48-38-32-33-39(35-40(34-38)47-36-37-22-12-7-13-23-37)49-51(46(4,5)6,43-28-18-10-19-29-43)44-30-20-11-21-31-44/h7-33,38-40H,34-36H2,1-6H3/t38-,39+,40?. The first kappa shape index (κ1) is 36.9. The first-order valence-electron chi connectivity index (χ1n) is 18.4. The monoisotopic (exact) mass is 710 g/mol. The Hall–Kier alpha value is -3.85. The molecule has 0 aromatic heterocycles. The molecule has 3 atom stereocenters. The second-order valence-electron chi connectivity index (χ2n) is 15.9. The molecule has 3 nitrogen and oxygen atoms in total. The van der Waals surface area contributed by atoms with E-state index in [1.165, 1.54) is 26.3 Å². The van der Waals surface area contributed by atoms with Crippen LogP contribution in [-0.2, 0) is 20.2 Å². The molecule has 1 aliphatic rings. The lowest BCUT2D eigenvalue weighted by molar-refractivity contribution is -0.00135. The van der Waals surface area contributed by atoms with Crippen LogP contribution in [0.25, 0.3) is 0 Å². The van der Waals surface area contributed by atoms with Crippen molar-refractivity contribution in [1.29, 1.82) is 0 Å². The van der Waals surface area contributed by atoms with E-state index in [1.807, 2.05) is 0 Å². The van der Waals surface area contributed by atoms with Crippen molar-refractivity contribution < 1.29 is 13.6 Å². The van der Waals surface area contributed by atoms with Gasteiger partial charge >= 0.3 is 0 Å². The Morgan fingerprint density at radius 1 is 0.451 bits per heavy atom. The Bertz CT molecular complexity index is 1620. The van der Waals surface area contributed by atoms with Crippen LogP contribution in [0.15, 0.2) is 164 Å². The smallest absolute Gasteiger partial charge is 0.261 e. The molecule has 0 radical (unpaired) electrons. The van der Waals surface area contributed by atoms with Crippen LogP contribution in [0.5, 0.6) is 0 Å². The van der Waals surface area contributed by atoms with Gasteiger partial charge in [0, 0.05) is 12.8 Å². The van der Waals surface area contributed by atoms with Gasteiger partial charge in [-0.2, -0.15) is 0 Å². The molecule has 0 bridgehead atoms. The molecule has 0 aliphatic heterocycles. The van der Waals surface area contributed by atoms with Crippen molar-refractivity contribution in [3.63, 3.8) is 0 Å². The second-order valence-corrected chi connectivity index (χ2v) is 24.4. The lowest BCUT2D eigenvalue weighted by Gasteiger charge is -2.45. The molecule has 0 heterocycles. The summed E-state index contributed by atoms with van der Waals surface area (Å²) in [6.07, 6.45) is 5.69. The van der Waals surface area contributed by atoms with Crippen LogP contribution in [0, 0.1) is 0 Å². The molecule has 5 aromatic carbocycles.